The molecule has 9 nitrogen and oxygen atoms in total. The van der Waals surface area contributed by atoms with Crippen LogP contribution >= 0.6 is 23.2 Å². The zero-order valence-electron chi connectivity index (χ0n) is 17.1. The van der Waals surface area contributed by atoms with Crippen molar-refractivity contribution in [2.45, 2.75) is 11.8 Å². The van der Waals surface area contributed by atoms with E-state index >= 15 is 0 Å². The summed E-state index contributed by atoms with van der Waals surface area (Å²) in [5, 5.41) is 4.33. The summed E-state index contributed by atoms with van der Waals surface area (Å²) in [6.07, 6.45) is 2.72. The Bertz CT molecular complexity index is 1490. The molecule has 0 atom stereocenters. The molecule has 170 valence electrons. The van der Waals surface area contributed by atoms with Gasteiger partial charge in [0.15, 0.2) is 5.65 Å². The van der Waals surface area contributed by atoms with Crippen LogP contribution < -0.4 is 10.5 Å². The maximum atomic E-state index is 13.0. The fraction of sp³-hybridized carbons (Fsp3) is 0.0952. The molecule has 0 aliphatic heterocycles. The van der Waals surface area contributed by atoms with Gasteiger partial charge in [0.2, 0.25) is 0 Å². The van der Waals surface area contributed by atoms with Crippen LogP contribution in [-0.4, -0.2) is 35.6 Å². The molecular weight excluding hydrogens is 489 g/mol. The van der Waals surface area contributed by atoms with E-state index in [1.54, 1.807) is 31.2 Å². The number of benzene rings is 2. The molecule has 2 aromatic heterocycles. The molecule has 33 heavy (non-hydrogen) atoms. The van der Waals surface area contributed by atoms with Gasteiger partial charge in [0, 0.05) is 17.3 Å². The zero-order valence-corrected chi connectivity index (χ0v) is 19.4. The lowest BCUT2D eigenvalue weighted by atomic mass is 10.1. The minimum atomic E-state index is -4.08. The molecule has 0 saturated heterocycles. The lowest BCUT2D eigenvalue weighted by Gasteiger charge is -2.16. The molecule has 0 saturated carbocycles. The second-order valence-electron chi connectivity index (χ2n) is 6.77. The van der Waals surface area contributed by atoms with Gasteiger partial charge in [-0.05, 0) is 25.1 Å². The van der Waals surface area contributed by atoms with Crippen LogP contribution in [0.15, 0.2) is 59.8 Å². The maximum absolute atomic E-state index is 13.0. The number of hydrogen-bond acceptors (Lipinski definition) is 7. The van der Waals surface area contributed by atoms with E-state index in [0.29, 0.717) is 11.1 Å². The van der Waals surface area contributed by atoms with Crippen LogP contribution in [0.2, 0.25) is 10.0 Å². The van der Waals surface area contributed by atoms with Gasteiger partial charge in [-0.2, -0.15) is 9.61 Å². The zero-order chi connectivity index (χ0) is 23.8. The molecule has 4 rings (SSSR count). The third kappa shape index (κ3) is 4.20. The minimum Gasteiger partial charge on any atom is -0.462 e. The highest BCUT2D eigenvalue weighted by Crippen LogP contribution is 2.38. The first-order chi connectivity index (χ1) is 15.7. The Hall–Kier alpha value is -3.34. The Balaban J connectivity index is 1.83. The molecule has 0 aliphatic carbocycles. The number of carbonyl (C=O) groups excluding carboxylic acids is 1. The van der Waals surface area contributed by atoms with Crippen LogP contribution in [0.1, 0.15) is 17.3 Å². The number of hydrogen-bond donors (Lipinski definition) is 2. The number of nitrogens with zero attached hydrogens (tertiary/aromatic N) is 3. The van der Waals surface area contributed by atoms with E-state index < -0.39 is 16.0 Å². The van der Waals surface area contributed by atoms with Crippen molar-refractivity contribution < 1.29 is 17.9 Å². The molecule has 12 heteroatoms. The monoisotopic (exact) mass is 505 g/mol. The summed E-state index contributed by atoms with van der Waals surface area (Å²) in [4.78, 5) is 16.3. The summed E-state index contributed by atoms with van der Waals surface area (Å²) in [7, 11) is -4.08. The standard InChI is InChI=1S/C21H17Cl2N5O4S/c1-2-32-21(29)14-11-26-28-19(24)13(10-25-20(14)28)12-6-5-8-16(23)18(12)27-33(30,31)17-9-4-3-7-15(17)22/h3-11,27H,2,24H2,1H3. The van der Waals surface area contributed by atoms with Gasteiger partial charge >= 0.3 is 5.97 Å². The Morgan fingerprint density at radius 2 is 1.82 bits per heavy atom. The van der Waals surface area contributed by atoms with Gasteiger partial charge in [-0.15, -0.1) is 0 Å². The first-order valence-electron chi connectivity index (χ1n) is 9.60. The maximum Gasteiger partial charge on any atom is 0.343 e. The highest BCUT2D eigenvalue weighted by Gasteiger charge is 2.24. The molecule has 0 bridgehead atoms. The number of para-hydroxylation sites is 1. The second-order valence-corrected chi connectivity index (χ2v) is 9.23. The Morgan fingerprint density at radius 1 is 1.09 bits per heavy atom. The van der Waals surface area contributed by atoms with Crippen molar-refractivity contribution in [1.82, 2.24) is 14.6 Å². The summed E-state index contributed by atoms with van der Waals surface area (Å²) in [6.45, 7) is 1.88. The molecule has 0 unspecified atom stereocenters. The van der Waals surface area contributed by atoms with Gasteiger partial charge in [-0.3, -0.25) is 4.72 Å². The Morgan fingerprint density at radius 3 is 2.55 bits per heavy atom. The largest absolute Gasteiger partial charge is 0.462 e. The molecule has 3 N–H and O–H groups in total. The average molecular weight is 506 g/mol. The highest BCUT2D eigenvalue weighted by atomic mass is 35.5. The lowest BCUT2D eigenvalue weighted by molar-refractivity contribution is 0.0528. The first kappa shape index (κ1) is 22.8. The summed E-state index contributed by atoms with van der Waals surface area (Å²) < 4.78 is 34.8. The molecule has 0 fully saturated rings. The fourth-order valence-electron chi connectivity index (χ4n) is 3.21. The summed E-state index contributed by atoms with van der Waals surface area (Å²) in [6, 6.07) is 10.8. The smallest absolute Gasteiger partial charge is 0.343 e. The summed E-state index contributed by atoms with van der Waals surface area (Å²) >= 11 is 12.4. The van der Waals surface area contributed by atoms with E-state index in [9.17, 15) is 13.2 Å². The van der Waals surface area contributed by atoms with Crippen molar-refractivity contribution in [2.75, 3.05) is 17.1 Å². The van der Waals surface area contributed by atoms with E-state index in [2.05, 4.69) is 14.8 Å². The number of ether oxygens (including phenoxy) is 1. The van der Waals surface area contributed by atoms with Gasteiger partial charge in [0.25, 0.3) is 10.0 Å². The predicted molar refractivity (Wildman–Crippen MR) is 126 cm³/mol. The van der Waals surface area contributed by atoms with E-state index in [4.69, 9.17) is 33.7 Å². The molecule has 2 heterocycles. The number of esters is 1. The molecule has 4 aromatic rings. The molecule has 0 spiro atoms. The molecular formula is C21H17Cl2N5O4S. The van der Waals surface area contributed by atoms with Crippen molar-refractivity contribution >= 4 is 56.3 Å². The van der Waals surface area contributed by atoms with Gasteiger partial charge in [0.05, 0.1) is 28.5 Å². The first-order valence-corrected chi connectivity index (χ1v) is 11.8. The van der Waals surface area contributed by atoms with Crippen molar-refractivity contribution in [1.29, 1.82) is 0 Å². The number of halogens is 2. The number of fused-ring (bicyclic) bond motifs is 1. The number of carbonyl (C=O) groups is 1. The number of nitrogens with one attached hydrogen (secondary N) is 1. The fourth-order valence-corrected chi connectivity index (χ4v) is 5.11. The molecule has 0 radical (unpaired) electrons. The van der Waals surface area contributed by atoms with Gasteiger partial charge in [0.1, 0.15) is 16.3 Å². The van der Waals surface area contributed by atoms with E-state index in [-0.39, 0.29) is 44.3 Å². The van der Waals surface area contributed by atoms with E-state index in [1.807, 2.05) is 0 Å². The number of aromatic nitrogens is 3. The van der Waals surface area contributed by atoms with Gasteiger partial charge < -0.3 is 10.5 Å². The summed E-state index contributed by atoms with van der Waals surface area (Å²) in [5.74, 6) is -0.459. The van der Waals surface area contributed by atoms with Crippen molar-refractivity contribution in [3.05, 3.63) is 70.5 Å². The van der Waals surface area contributed by atoms with Crippen molar-refractivity contribution in [2.24, 2.45) is 0 Å². The number of sulfonamides is 1. The number of nitrogen functional groups attached to an aromatic ring is 1. The third-order valence-corrected chi connectivity index (χ3v) is 6.89. The van der Waals surface area contributed by atoms with Crippen LogP contribution in [0.4, 0.5) is 11.5 Å². The quantitative estimate of drug-likeness (QED) is 0.374. The van der Waals surface area contributed by atoms with Crippen molar-refractivity contribution in [3.8, 4) is 11.1 Å². The van der Waals surface area contributed by atoms with Crippen LogP contribution in [-0.2, 0) is 14.8 Å². The van der Waals surface area contributed by atoms with E-state index in [1.165, 1.54) is 35.1 Å². The second kappa shape index (κ2) is 8.89. The van der Waals surface area contributed by atoms with Crippen LogP contribution in [0.3, 0.4) is 0 Å². The van der Waals surface area contributed by atoms with Crippen LogP contribution in [0, 0.1) is 0 Å². The lowest BCUT2D eigenvalue weighted by Crippen LogP contribution is -2.15. The molecule has 0 amide bonds. The number of nitrogens with two attached hydrogens (primary N) is 1. The Labute approximate surface area is 199 Å². The normalized spacial score (nSPS) is 11.5. The average Bonchev–Trinajstić information content (AvgIpc) is 3.21. The predicted octanol–water partition coefficient (Wildman–Crippen LogP) is 4.26. The minimum absolute atomic E-state index is 0.0595. The van der Waals surface area contributed by atoms with Crippen LogP contribution in [0.25, 0.3) is 16.8 Å². The van der Waals surface area contributed by atoms with Gasteiger partial charge in [-0.1, -0.05) is 47.5 Å². The topological polar surface area (TPSA) is 129 Å². The van der Waals surface area contributed by atoms with Gasteiger partial charge in [-0.25, -0.2) is 18.2 Å². The summed E-state index contributed by atoms with van der Waals surface area (Å²) in [5.41, 5.74) is 7.48. The SMILES string of the molecule is CCOC(=O)c1cnn2c(N)c(-c3cccc(Cl)c3NS(=O)(=O)c3ccccc3Cl)cnc12. The third-order valence-electron chi connectivity index (χ3n) is 4.73. The number of rotatable bonds is 6. The van der Waals surface area contributed by atoms with E-state index in [0.717, 1.165) is 0 Å². The van der Waals surface area contributed by atoms with Crippen LogP contribution in [0.5, 0.6) is 0 Å². The number of anilines is 2. The Kier molecular flexibility index (Phi) is 6.15. The molecule has 2 aromatic carbocycles. The van der Waals surface area contributed by atoms with Crippen molar-refractivity contribution in [3.63, 3.8) is 0 Å². The molecule has 0 aliphatic rings. The highest BCUT2D eigenvalue weighted by molar-refractivity contribution is 7.92.